The number of Topliss-reactive ketones (excluding diaryl/α,β-unsaturated/α-hetero) is 2. The second-order valence-corrected chi connectivity index (χ2v) is 8.98. The molecule has 3 rings (SSSR count). The molecule has 1 atom stereocenters. The number of carbonyl (C=O) groups is 4. The Kier molecular flexibility index (Phi) is 9.11. The minimum Gasteiger partial charge on any atom is -0.460 e. The van der Waals surface area contributed by atoms with Crippen LogP contribution >= 0.6 is 11.8 Å². The van der Waals surface area contributed by atoms with E-state index in [1.807, 2.05) is 13.0 Å². The monoisotopic (exact) mass is 495 g/mol. The number of benzene rings is 2. The van der Waals surface area contributed by atoms with Gasteiger partial charge in [-0.2, -0.15) is 0 Å². The van der Waals surface area contributed by atoms with E-state index < -0.39 is 11.9 Å². The van der Waals surface area contributed by atoms with E-state index in [2.05, 4.69) is 5.16 Å². The third-order valence-electron chi connectivity index (χ3n) is 5.11. The van der Waals surface area contributed by atoms with Crippen LogP contribution in [0.5, 0.6) is 0 Å². The first-order chi connectivity index (χ1) is 16.8. The number of hydrogen-bond donors (Lipinski definition) is 1. The van der Waals surface area contributed by atoms with Gasteiger partial charge in [0.05, 0.1) is 24.5 Å². The molecule has 0 aliphatic heterocycles. The Balaban J connectivity index is 1.49. The van der Waals surface area contributed by atoms with E-state index in [4.69, 9.17) is 14.7 Å². The summed E-state index contributed by atoms with van der Waals surface area (Å²) in [5.41, 5.74) is 1.82. The average Bonchev–Trinajstić information content (AvgIpc) is 3.61. The Morgan fingerprint density at radius 1 is 0.943 bits per heavy atom. The lowest BCUT2D eigenvalue weighted by Gasteiger charge is -2.06. The quantitative estimate of drug-likeness (QED) is 0.117. The standard InChI is InChI=1S/C26H25NO7S/c1-16-15-22(16)23(29)11-12-24(30)34-27-17(2)25(31)18-3-7-20(8-4-18)35-21-9-5-19(6-10-21)26(32)33-14-13-28/h3-10,15,22,28H,11-14H2,1-2H3/b27-17+. The summed E-state index contributed by atoms with van der Waals surface area (Å²) in [5, 5.41) is 12.3. The molecule has 182 valence electrons. The second-order valence-electron chi connectivity index (χ2n) is 7.83. The largest absolute Gasteiger partial charge is 0.460 e. The van der Waals surface area contributed by atoms with Gasteiger partial charge in [-0.05, 0) is 62.4 Å². The van der Waals surface area contributed by atoms with Gasteiger partial charge in [0.25, 0.3) is 0 Å². The molecule has 0 heterocycles. The summed E-state index contributed by atoms with van der Waals surface area (Å²) < 4.78 is 4.88. The molecule has 0 amide bonds. The smallest absolute Gasteiger partial charge is 0.338 e. The fourth-order valence-corrected chi connectivity index (χ4v) is 3.87. The van der Waals surface area contributed by atoms with Crippen LogP contribution in [-0.2, 0) is 19.2 Å². The van der Waals surface area contributed by atoms with Crippen molar-refractivity contribution < 1.29 is 33.9 Å². The fourth-order valence-electron chi connectivity index (χ4n) is 3.05. The third kappa shape index (κ3) is 7.73. The zero-order chi connectivity index (χ0) is 25.4. The highest BCUT2D eigenvalue weighted by molar-refractivity contribution is 7.99. The number of esters is 1. The molecule has 0 saturated heterocycles. The van der Waals surface area contributed by atoms with Gasteiger partial charge in [-0.15, -0.1) is 0 Å². The molecule has 0 radical (unpaired) electrons. The lowest BCUT2D eigenvalue weighted by Crippen LogP contribution is -2.13. The number of hydrogen-bond acceptors (Lipinski definition) is 9. The van der Waals surface area contributed by atoms with Crippen molar-refractivity contribution >= 4 is 41.0 Å². The highest BCUT2D eigenvalue weighted by Gasteiger charge is 2.28. The van der Waals surface area contributed by atoms with Crippen molar-refractivity contribution in [1.29, 1.82) is 0 Å². The number of aliphatic hydroxyl groups is 1. The van der Waals surface area contributed by atoms with Crippen molar-refractivity contribution in [2.45, 2.75) is 36.5 Å². The van der Waals surface area contributed by atoms with Gasteiger partial charge in [0.1, 0.15) is 18.1 Å². The first-order valence-corrected chi connectivity index (χ1v) is 11.8. The molecule has 8 nitrogen and oxygen atoms in total. The summed E-state index contributed by atoms with van der Waals surface area (Å²) >= 11 is 1.45. The van der Waals surface area contributed by atoms with E-state index in [-0.39, 0.29) is 49.3 Å². The molecule has 0 bridgehead atoms. The van der Waals surface area contributed by atoms with Gasteiger partial charge < -0.3 is 14.7 Å². The fraction of sp³-hybridized carbons (Fsp3) is 0.269. The molecule has 1 aliphatic carbocycles. The van der Waals surface area contributed by atoms with Gasteiger partial charge >= 0.3 is 11.9 Å². The number of oxime groups is 1. The van der Waals surface area contributed by atoms with Crippen molar-refractivity contribution in [3.8, 4) is 0 Å². The van der Waals surface area contributed by atoms with Crippen molar-refractivity contribution in [3.05, 3.63) is 71.3 Å². The summed E-state index contributed by atoms with van der Waals surface area (Å²) in [7, 11) is 0. The molecule has 2 aromatic carbocycles. The zero-order valence-electron chi connectivity index (χ0n) is 19.4. The van der Waals surface area contributed by atoms with Crippen molar-refractivity contribution in [2.75, 3.05) is 13.2 Å². The zero-order valence-corrected chi connectivity index (χ0v) is 20.2. The van der Waals surface area contributed by atoms with Crippen LogP contribution in [0.1, 0.15) is 47.4 Å². The number of ketones is 2. The Morgan fingerprint density at radius 2 is 1.51 bits per heavy atom. The van der Waals surface area contributed by atoms with Crippen molar-refractivity contribution in [2.24, 2.45) is 11.1 Å². The number of ether oxygens (including phenoxy) is 1. The predicted octanol–water partition coefficient (Wildman–Crippen LogP) is 4.01. The lowest BCUT2D eigenvalue weighted by molar-refractivity contribution is -0.144. The van der Waals surface area contributed by atoms with Crippen molar-refractivity contribution in [3.63, 3.8) is 0 Å². The summed E-state index contributed by atoms with van der Waals surface area (Å²) in [5.74, 6) is -1.71. The van der Waals surface area contributed by atoms with Gasteiger partial charge in [-0.3, -0.25) is 9.59 Å². The highest BCUT2D eigenvalue weighted by Crippen LogP contribution is 2.30. The van der Waals surface area contributed by atoms with Crippen LogP contribution < -0.4 is 0 Å². The van der Waals surface area contributed by atoms with Gasteiger partial charge in [0, 0.05) is 21.8 Å². The molecular weight excluding hydrogens is 470 g/mol. The molecule has 1 N–H and O–H groups in total. The van der Waals surface area contributed by atoms with Crippen LogP contribution in [0.3, 0.4) is 0 Å². The summed E-state index contributed by atoms with van der Waals surface area (Å²) in [6, 6.07) is 13.7. The SMILES string of the molecule is CC1=CC1C(=O)CCC(=O)O/N=C(\C)C(=O)c1ccc(Sc2ccc(C(=O)OCCO)cc2)cc1. The first kappa shape index (κ1) is 26.1. The number of aliphatic hydroxyl groups excluding tert-OH is 1. The normalized spacial score (nSPS) is 14.7. The molecule has 1 unspecified atom stereocenters. The number of rotatable bonds is 12. The van der Waals surface area contributed by atoms with Crippen LogP contribution in [-0.4, -0.2) is 47.5 Å². The molecule has 0 aromatic heterocycles. The average molecular weight is 496 g/mol. The maximum absolute atomic E-state index is 12.6. The van der Waals surface area contributed by atoms with E-state index in [1.54, 1.807) is 48.5 Å². The minimum atomic E-state index is -0.664. The van der Waals surface area contributed by atoms with E-state index >= 15 is 0 Å². The van der Waals surface area contributed by atoms with Crippen LogP contribution in [0, 0.1) is 5.92 Å². The molecule has 1 aliphatic rings. The maximum Gasteiger partial charge on any atom is 0.338 e. The molecule has 0 saturated carbocycles. The van der Waals surface area contributed by atoms with Crippen LogP contribution in [0.25, 0.3) is 0 Å². The second kappa shape index (κ2) is 12.2. The van der Waals surface area contributed by atoms with Crippen molar-refractivity contribution in [1.82, 2.24) is 0 Å². The number of nitrogens with zero attached hydrogens (tertiary/aromatic N) is 1. The molecule has 35 heavy (non-hydrogen) atoms. The minimum absolute atomic E-state index is 0.0217. The maximum atomic E-state index is 12.6. The van der Waals surface area contributed by atoms with Gasteiger partial charge in [0.15, 0.2) is 0 Å². The summed E-state index contributed by atoms with van der Waals surface area (Å²) in [6.45, 7) is 3.04. The lowest BCUT2D eigenvalue weighted by atomic mass is 10.1. The summed E-state index contributed by atoms with van der Waals surface area (Å²) in [4.78, 5) is 54.5. The van der Waals surface area contributed by atoms with Gasteiger partial charge in [-0.25, -0.2) is 9.59 Å². The Hall–Kier alpha value is -3.56. The Labute approximate surface area is 207 Å². The topological polar surface area (TPSA) is 119 Å². The first-order valence-electron chi connectivity index (χ1n) is 10.9. The molecular formula is C26H25NO7S. The van der Waals surface area contributed by atoms with Crippen LogP contribution in [0.2, 0.25) is 0 Å². The van der Waals surface area contributed by atoms with Crippen LogP contribution in [0.15, 0.2) is 75.1 Å². The predicted molar refractivity (Wildman–Crippen MR) is 129 cm³/mol. The Morgan fingerprint density at radius 3 is 2.06 bits per heavy atom. The highest BCUT2D eigenvalue weighted by atomic mass is 32.2. The number of carbonyl (C=O) groups excluding carboxylic acids is 4. The summed E-state index contributed by atoms with van der Waals surface area (Å²) in [6.07, 6.45) is 1.84. The molecule has 2 aromatic rings. The molecule has 9 heteroatoms. The third-order valence-corrected chi connectivity index (χ3v) is 6.13. The molecule has 0 spiro atoms. The van der Waals surface area contributed by atoms with E-state index in [1.165, 1.54) is 18.7 Å². The van der Waals surface area contributed by atoms with E-state index in [0.717, 1.165) is 15.4 Å². The van der Waals surface area contributed by atoms with Gasteiger partial charge in [-0.1, -0.05) is 28.6 Å². The molecule has 0 fully saturated rings. The van der Waals surface area contributed by atoms with E-state index in [0.29, 0.717) is 11.1 Å². The number of allylic oxidation sites excluding steroid dienone is 2. The van der Waals surface area contributed by atoms with Gasteiger partial charge in [0.2, 0.25) is 5.78 Å². The van der Waals surface area contributed by atoms with E-state index in [9.17, 15) is 19.2 Å². The Bertz CT molecular complexity index is 1170. The van der Waals surface area contributed by atoms with Crippen LogP contribution in [0.4, 0.5) is 0 Å².